The van der Waals surface area contributed by atoms with Crippen LogP contribution < -0.4 is 10.2 Å². The Balaban J connectivity index is 2.00. The monoisotopic (exact) mass is 254 g/mol. The largest absolute Gasteiger partial charge is 0.367 e. The summed E-state index contributed by atoms with van der Waals surface area (Å²) >= 11 is 0. The number of rotatable bonds is 5. The minimum absolute atomic E-state index is 0.160. The van der Waals surface area contributed by atoms with Gasteiger partial charge in [-0.3, -0.25) is 0 Å². The van der Waals surface area contributed by atoms with Crippen molar-refractivity contribution in [1.29, 1.82) is 0 Å². The molecule has 0 bridgehead atoms. The maximum atomic E-state index is 14.0. The zero-order chi connectivity index (χ0) is 12.8. The average molecular weight is 254 g/mol. The van der Waals surface area contributed by atoms with Crippen molar-refractivity contribution >= 4 is 5.69 Å². The lowest BCUT2D eigenvalue weighted by Crippen LogP contribution is -2.43. The van der Waals surface area contributed by atoms with Gasteiger partial charge in [0.15, 0.2) is 0 Å². The summed E-state index contributed by atoms with van der Waals surface area (Å²) < 4.78 is 14.0. The van der Waals surface area contributed by atoms with E-state index in [0.717, 1.165) is 31.7 Å². The minimum atomic E-state index is -0.160. The van der Waals surface area contributed by atoms with Gasteiger partial charge in [0.2, 0.25) is 0 Å². The lowest BCUT2D eigenvalue weighted by molar-refractivity contribution is -0.271. The van der Waals surface area contributed by atoms with Crippen LogP contribution in [0.15, 0.2) is 18.2 Å². The SMILES string of the molecule is COOCCc1ccc(N2CCNCC2)c(F)c1. The molecule has 1 N–H and O–H groups in total. The fourth-order valence-corrected chi connectivity index (χ4v) is 2.11. The van der Waals surface area contributed by atoms with Crippen molar-refractivity contribution in [3.8, 4) is 0 Å². The molecule has 1 aliphatic heterocycles. The van der Waals surface area contributed by atoms with Gasteiger partial charge in [-0.25, -0.2) is 14.2 Å². The maximum absolute atomic E-state index is 14.0. The van der Waals surface area contributed by atoms with Crippen LogP contribution in [-0.2, 0) is 16.2 Å². The number of nitrogens with zero attached hydrogens (tertiary/aromatic N) is 1. The lowest BCUT2D eigenvalue weighted by Gasteiger charge is -2.29. The molecule has 1 heterocycles. The second-order valence-electron chi connectivity index (χ2n) is 4.26. The first kappa shape index (κ1) is 13.3. The Bertz CT molecular complexity index is 381. The molecular formula is C13H19FN2O2. The molecule has 1 aliphatic rings. The van der Waals surface area contributed by atoms with Gasteiger partial charge in [-0.2, -0.15) is 0 Å². The quantitative estimate of drug-likeness (QED) is 0.488. The first-order valence-electron chi connectivity index (χ1n) is 6.21. The van der Waals surface area contributed by atoms with Crippen molar-refractivity contribution in [3.63, 3.8) is 0 Å². The molecule has 0 radical (unpaired) electrons. The van der Waals surface area contributed by atoms with E-state index in [-0.39, 0.29) is 5.82 Å². The third-order valence-corrected chi connectivity index (χ3v) is 3.06. The molecule has 1 aromatic rings. The fourth-order valence-electron chi connectivity index (χ4n) is 2.11. The molecule has 0 atom stereocenters. The highest BCUT2D eigenvalue weighted by atomic mass is 19.1. The first-order valence-corrected chi connectivity index (χ1v) is 6.21. The average Bonchev–Trinajstić information content (AvgIpc) is 2.40. The summed E-state index contributed by atoms with van der Waals surface area (Å²) in [5, 5.41) is 3.26. The molecule has 18 heavy (non-hydrogen) atoms. The Morgan fingerprint density at radius 2 is 2.11 bits per heavy atom. The van der Waals surface area contributed by atoms with E-state index in [4.69, 9.17) is 4.89 Å². The third kappa shape index (κ3) is 3.41. The highest BCUT2D eigenvalue weighted by Gasteiger charge is 2.14. The predicted octanol–water partition coefficient (Wildman–Crippen LogP) is 1.36. The van der Waals surface area contributed by atoms with Gasteiger partial charge in [-0.05, 0) is 24.1 Å². The summed E-state index contributed by atoms with van der Waals surface area (Å²) in [6.45, 7) is 3.95. The van der Waals surface area contributed by atoms with Gasteiger partial charge in [-0.1, -0.05) is 6.07 Å². The lowest BCUT2D eigenvalue weighted by atomic mass is 10.1. The number of anilines is 1. The van der Waals surface area contributed by atoms with Crippen molar-refractivity contribution in [2.45, 2.75) is 6.42 Å². The summed E-state index contributed by atoms with van der Waals surface area (Å²) in [6.07, 6.45) is 0.645. The van der Waals surface area contributed by atoms with Crippen molar-refractivity contribution in [1.82, 2.24) is 5.32 Å². The summed E-state index contributed by atoms with van der Waals surface area (Å²) in [5.41, 5.74) is 1.61. The maximum Gasteiger partial charge on any atom is 0.146 e. The smallest absolute Gasteiger partial charge is 0.146 e. The van der Waals surface area contributed by atoms with Crippen molar-refractivity contribution in [2.24, 2.45) is 0 Å². The van der Waals surface area contributed by atoms with Gasteiger partial charge in [0.1, 0.15) is 5.82 Å². The first-order chi connectivity index (χ1) is 8.81. The molecule has 1 saturated heterocycles. The van der Waals surface area contributed by atoms with Gasteiger partial charge in [0.05, 0.1) is 19.4 Å². The number of halogens is 1. The molecule has 5 heteroatoms. The fraction of sp³-hybridized carbons (Fsp3) is 0.538. The molecule has 0 saturated carbocycles. The van der Waals surface area contributed by atoms with Crippen molar-refractivity contribution in [2.75, 3.05) is 44.8 Å². The highest BCUT2D eigenvalue weighted by Crippen LogP contribution is 2.21. The normalized spacial score (nSPS) is 16.0. The Kier molecular flexibility index (Phi) is 4.92. The number of piperazine rings is 1. The van der Waals surface area contributed by atoms with Crippen LogP contribution in [0.1, 0.15) is 5.56 Å². The molecule has 0 amide bonds. The van der Waals surface area contributed by atoms with E-state index in [0.29, 0.717) is 18.7 Å². The molecule has 0 unspecified atom stereocenters. The summed E-state index contributed by atoms with van der Waals surface area (Å²) in [5.74, 6) is -0.160. The number of nitrogens with one attached hydrogen (secondary N) is 1. The van der Waals surface area contributed by atoms with Crippen LogP contribution in [0.5, 0.6) is 0 Å². The molecule has 0 aliphatic carbocycles. The molecule has 1 fully saturated rings. The van der Waals surface area contributed by atoms with Gasteiger partial charge < -0.3 is 10.2 Å². The van der Waals surface area contributed by atoms with Gasteiger partial charge >= 0.3 is 0 Å². The second-order valence-corrected chi connectivity index (χ2v) is 4.26. The topological polar surface area (TPSA) is 33.7 Å². The number of hydrogen-bond acceptors (Lipinski definition) is 4. The zero-order valence-electron chi connectivity index (χ0n) is 10.6. The van der Waals surface area contributed by atoms with E-state index >= 15 is 0 Å². The molecule has 4 nitrogen and oxygen atoms in total. The van der Waals surface area contributed by atoms with Gasteiger partial charge in [0.25, 0.3) is 0 Å². The summed E-state index contributed by atoms with van der Waals surface area (Å²) in [4.78, 5) is 11.4. The summed E-state index contributed by atoms with van der Waals surface area (Å²) in [7, 11) is 1.47. The van der Waals surface area contributed by atoms with E-state index in [9.17, 15) is 4.39 Å². The van der Waals surface area contributed by atoms with Crippen LogP contribution in [0.25, 0.3) is 0 Å². The molecule has 2 rings (SSSR count). The van der Waals surface area contributed by atoms with Crippen molar-refractivity contribution in [3.05, 3.63) is 29.6 Å². The Morgan fingerprint density at radius 3 is 2.78 bits per heavy atom. The van der Waals surface area contributed by atoms with Crippen LogP contribution in [0.3, 0.4) is 0 Å². The summed E-state index contributed by atoms with van der Waals surface area (Å²) in [6, 6.07) is 5.37. The van der Waals surface area contributed by atoms with E-state index in [2.05, 4.69) is 15.1 Å². The predicted molar refractivity (Wildman–Crippen MR) is 68.1 cm³/mol. The van der Waals surface area contributed by atoms with Crippen LogP contribution in [0.4, 0.5) is 10.1 Å². The van der Waals surface area contributed by atoms with E-state index in [1.54, 1.807) is 6.07 Å². The van der Waals surface area contributed by atoms with E-state index in [1.165, 1.54) is 7.11 Å². The molecule has 0 spiro atoms. The Labute approximate surface area is 107 Å². The number of benzene rings is 1. The third-order valence-electron chi connectivity index (χ3n) is 3.06. The van der Waals surface area contributed by atoms with E-state index < -0.39 is 0 Å². The van der Waals surface area contributed by atoms with Crippen LogP contribution in [0, 0.1) is 5.82 Å². The molecule has 1 aromatic carbocycles. The molecular weight excluding hydrogens is 235 g/mol. The molecule has 100 valence electrons. The zero-order valence-corrected chi connectivity index (χ0v) is 10.6. The number of hydrogen-bond donors (Lipinski definition) is 1. The Morgan fingerprint density at radius 1 is 1.33 bits per heavy atom. The second kappa shape index (κ2) is 6.68. The standard InChI is InChI=1S/C13H19FN2O2/c1-17-18-9-4-11-2-3-13(12(14)10-11)16-7-5-15-6-8-16/h2-3,10,15H,4-9H2,1H3. The minimum Gasteiger partial charge on any atom is -0.367 e. The van der Waals surface area contributed by atoms with Gasteiger partial charge in [-0.15, -0.1) is 0 Å². The van der Waals surface area contributed by atoms with Crippen LogP contribution >= 0.6 is 0 Å². The highest BCUT2D eigenvalue weighted by molar-refractivity contribution is 5.49. The van der Waals surface area contributed by atoms with Crippen molar-refractivity contribution < 1.29 is 14.2 Å². The van der Waals surface area contributed by atoms with Crippen LogP contribution in [0.2, 0.25) is 0 Å². The van der Waals surface area contributed by atoms with E-state index in [1.807, 2.05) is 12.1 Å². The molecule has 0 aromatic heterocycles. The van der Waals surface area contributed by atoms with Gasteiger partial charge in [0, 0.05) is 26.2 Å². The Hall–Kier alpha value is -1.17. The van der Waals surface area contributed by atoms with Crippen LogP contribution in [-0.4, -0.2) is 39.9 Å².